The normalized spacial score (nSPS) is 15.3. The Morgan fingerprint density at radius 1 is 0.842 bits per heavy atom. The molecule has 0 spiro atoms. The molecule has 3 heteroatoms. The molecule has 0 unspecified atom stereocenters. The maximum atomic E-state index is 6.13. The number of halogens is 1. The van der Waals surface area contributed by atoms with Crippen LogP contribution in [0.1, 0.15) is 18.1 Å². The number of allylic oxidation sites excluding steroid dienone is 1. The molecule has 0 bridgehead atoms. The van der Waals surface area contributed by atoms with Gasteiger partial charge in [0.1, 0.15) is 0 Å². The van der Waals surface area contributed by atoms with Crippen molar-refractivity contribution in [2.45, 2.75) is 6.92 Å². The standard InChI is InChI=1S/C16H14N2.ClH/c1-11-15(17)13-9-5-6-10-14(13)16(11)18-12-7-3-2-4-8-12;/h2-10H,17H2,1H3;1H. The van der Waals surface area contributed by atoms with Gasteiger partial charge in [-0.1, -0.05) is 42.5 Å². The van der Waals surface area contributed by atoms with Crippen molar-refractivity contribution in [2.75, 3.05) is 0 Å². The van der Waals surface area contributed by atoms with E-state index in [1.165, 1.54) is 0 Å². The van der Waals surface area contributed by atoms with Crippen molar-refractivity contribution in [1.29, 1.82) is 0 Å². The minimum atomic E-state index is 0. The Morgan fingerprint density at radius 3 is 2.11 bits per heavy atom. The quantitative estimate of drug-likeness (QED) is 0.838. The van der Waals surface area contributed by atoms with Crippen LogP contribution >= 0.6 is 12.4 Å². The summed E-state index contributed by atoms with van der Waals surface area (Å²) >= 11 is 0. The highest BCUT2D eigenvalue weighted by Gasteiger charge is 2.22. The molecule has 96 valence electrons. The van der Waals surface area contributed by atoms with Crippen LogP contribution in [-0.4, -0.2) is 5.71 Å². The average molecular weight is 271 g/mol. The molecule has 2 nitrogen and oxygen atoms in total. The highest BCUT2D eigenvalue weighted by molar-refractivity contribution is 6.23. The second kappa shape index (κ2) is 5.29. The SMILES string of the molecule is CC1=C(N)c2ccccc2C1=Nc1ccccc1.Cl. The van der Waals surface area contributed by atoms with Crippen LogP contribution in [0.4, 0.5) is 5.69 Å². The van der Waals surface area contributed by atoms with Crippen molar-refractivity contribution in [3.05, 3.63) is 71.3 Å². The summed E-state index contributed by atoms with van der Waals surface area (Å²) in [5.74, 6) is 0. The fraction of sp³-hybridized carbons (Fsp3) is 0.0625. The molecule has 0 fully saturated rings. The summed E-state index contributed by atoms with van der Waals surface area (Å²) in [4.78, 5) is 4.71. The van der Waals surface area contributed by atoms with Gasteiger partial charge < -0.3 is 5.73 Å². The number of rotatable bonds is 1. The first kappa shape index (κ1) is 13.4. The zero-order valence-electron chi connectivity index (χ0n) is 10.6. The Balaban J connectivity index is 0.00000133. The molecule has 1 aliphatic rings. The van der Waals surface area contributed by atoms with E-state index >= 15 is 0 Å². The van der Waals surface area contributed by atoms with Gasteiger partial charge >= 0.3 is 0 Å². The van der Waals surface area contributed by atoms with Gasteiger partial charge in [0.15, 0.2) is 0 Å². The van der Waals surface area contributed by atoms with Crippen LogP contribution in [0.2, 0.25) is 0 Å². The molecule has 0 aromatic heterocycles. The summed E-state index contributed by atoms with van der Waals surface area (Å²) in [5.41, 5.74) is 12.2. The first-order chi connectivity index (χ1) is 8.77. The molecular weight excluding hydrogens is 256 g/mol. The van der Waals surface area contributed by atoms with E-state index < -0.39 is 0 Å². The zero-order chi connectivity index (χ0) is 12.5. The summed E-state index contributed by atoms with van der Waals surface area (Å²) in [6, 6.07) is 18.1. The lowest BCUT2D eigenvalue weighted by Crippen LogP contribution is -1.98. The van der Waals surface area contributed by atoms with Gasteiger partial charge in [-0.25, -0.2) is 4.99 Å². The average Bonchev–Trinajstić information content (AvgIpc) is 2.66. The van der Waals surface area contributed by atoms with Crippen molar-refractivity contribution in [1.82, 2.24) is 0 Å². The Bertz CT molecular complexity index is 657. The van der Waals surface area contributed by atoms with Crippen molar-refractivity contribution in [3.63, 3.8) is 0 Å². The van der Waals surface area contributed by atoms with Gasteiger partial charge in [-0.05, 0) is 24.6 Å². The Morgan fingerprint density at radius 2 is 1.42 bits per heavy atom. The number of nitrogens with zero attached hydrogens (tertiary/aromatic N) is 1. The summed E-state index contributed by atoms with van der Waals surface area (Å²) in [7, 11) is 0. The van der Waals surface area contributed by atoms with E-state index in [1.807, 2.05) is 55.5 Å². The molecule has 0 radical (unpaired) electrons. The van der Waals surface area contributed by atoms with Gasteiger partial charge in [-0.15, -0.1) is 12.4 Å². The monoisotopic (exact) mass is 270 g/mol. The summed E-state index contributed by atoms with van der Waals surface area (Å²) in [5, 5.41) is 0. The third-order valence-corrected chi connectivity index (χ3v) is 3.23. The number of nitrogens with two attached hydrogens (primary N) is 1. The zero-order valence-corrected chi connectivity index (χ0v) is 11.4. The molecule has 0 amide bonds. The number of hydrogen-bond donors (Lipinski definition) is 1. The van der Waals surface area contributed by atoms with Crippen LogP contribution in [-0.2, 0) is 0 Å². The Hall–Kier alpha value is -2.06. The van der Waals surface area contributed by atoms with Gasteiger partial charge in [-0.3, -0.25) is 0 Å². The maximum Gasteiger partial charge on any atom is 0.0765 e. The van der Waals surface area contributed by atoms with Crippen LogP contribution in [0.3, 0.4) is 0 Å². The third kappa shape index (κ3) is 2.27. The number of benzene rings is 2. The fourth-order valence-corrected chi connectivity index (χ4v) is 2.23. The van der Waals surface area contributed by atoms with Gasteiger partial charge in [0.05, 0.1) is 11.4 Å². The highest BCUT2D eigenvalue weighted by Crippen LogP contribution is 2.31. The minimum Gasteiger partial charge on any atom is -0.398 e. The van der Waals surface area contributed by atoms with Crippen LogP contribution in [0, 0.1) is 0 Å². The van der Waals surface area contributed by atoms with Crippen molar-refractivity contribution in [3.8, 4) is 0 Å². The highest BCUT2D eigenvalue weighted by atomic mass is 35.5. The molecule has 0 saturated carbocycles. The molecule has 2 aromatic carbocycles. The topological polar surface area (TPSA) is 38.4 Å². The number of fused-ring (bicyclic) bond motifs is 1. The molecule has 0 saturated heterocycles. The van der Waals surface area contributed by atoms with E-state index in [1.54, 1.807) is 0 Å². The van der Waals surface area contributed by atoms with Crippen molar-refractivity contribution >= 4 is 29.5 Å². The molecule has 1 aliphatic carbocycles. The maximum absolute atomic E-state index is 6.13. The Labute approximate surface area is 119 Å². The molecular formula is C16H15ClN2. The van der Waals surface area contributed by atoms with Crippen LogP contribution in [0.5, 0.6) is 0 Å². The summed E-state index contributed by atoms with van der Waals surface area (Å²) in [6.07, 6.45) is 0. The van der Waals surface area contributed by atoms with E-state index in [4.69, 9.17) is 10.7 Å². The smallest absolute Gasteiger partial charge is 0.0765 e. The Kier molecular flexibility index (Phi) is 3.72. The van der Waals surface area contributed by atoms with Crippen LogP contribution in [0.25, 0.3) is 5.70 Å². The van der Waals surface area contributed by atoms with E-state index in [-0.39, 0.29) is 12.4 Å². The summed E-state index contributed by atoms with van der Waals surface area (Å²) in [6.45, 7) is 2.02. The lowest BCUT2D eigenvalue weighted by Gasteiger charge is -2.02. The molecule has 0 aliphatic heterocycles. The number of hydrogen-bond acceptors (Lipinski definition) is 2. The molecule has 2 aromatic rings. The van der Waals surface area contributed by atoms with Crippen molar-refractivity contribution < 1.29 is 0 Å². The number of aliphatic imine (C=N–C) groups is 1. The minimum absolute atomic E-state index is 0. The third-order valence-electron chi connectivity index (χ3n) is 3.23. The van der Waals surface area contributed by atoms with Gasteiger partial charge in [0, 0.05) is 16.8 Å². The predicted molar refractivity (Wildman–Crippen MR) is 83.1 cm³/mol. The molecule has 2 N–H and O–H groups in total. The van der Waals surface area contributed by atoms with E-state index in [9.17, 15) is 0 Å². The predicted octanol–water partition coefficient (Wildman–Crippen LogP) is 3.93. The first-order valence-corrected chi connectivity index (χ1v) is 5.97. The fourth-order valence-electron chi connectivity index (χ4n) is 2.23. The second-order valence-electron chi connectivity index (χ2n) is 4.38. The molecule has 19 heavy (non-hydrogen) atoms. The first-order valence-electron chi connectivity index (χ1n) is 5.97. The second-order valence-corrected chi connectivity index (χ2v) is 4.38. The van der Waals surface area contributed by atoms with Gasteiger partial charge in [0.2, 0.25) is 0 Å². The van der Waals surface area contributed by atoms with E-state index in [0.717, 1.165) is 33.8 Å². The lowest BCUT2D eigenvalue weighted by atomic mass is 10.1. The lowest BCUT2D eigenvalue weighted by molar-refractivity contribution is 1.47. The summed E-state index contributed by atoms with van der Waals surface area (Å²) < 4.78 is 0. The van der Waals surface area contributed by atoms with Gasteiger partial charge in [0.25, 0.3) is 0 Å². The molecule has 0 heterocycles. The van der Waals surface area contributed by atoms with Gasteiger partial charge in [-0.2, -0.15) is 0 Å². The molecule has 3 rings (SSSR count). The van der Waals surface area contributed by atoms with Crippen LogP contribution in [0.15, 0.2) is 65.2 Å². The van der Waals surface area contributed by atoms with E-state index in [2.05, 4.69) is 6.07 Å². The molecule has 0 atom stereocenters. The van der Waals surface area contributed by atoms with Crippen molar-refractivity contribution in [2.24, 2.45) is 10.7 Å². The largest absolute Gasteiger partial charge is 0.398 e. The number of para-hydroxylation sites is 1. The van der Waals surface area contributed by atoms with Crippen LogP contribution < -0.4 is 5.73 Å². The van der Waals surface area contributed by atoms with E-state index in [0.29, 0.717) is 0 Å².